The molecule has 0 aliphatic rings. The van der Waals surface area contributed by atoms with Gasteiger partial charge in [0.15, 0.2) is 11.5 Å². The lowest BCUT2D eigenvalue weighted by Crippen LogP contribution is -2.25. The standard InChI is InChI=1S/C21H20BrNO3S/c1-25-19-13-16(21(24)23-10-9-17-8-5-11-27-17)12-18(22)20(19)26-14-15-6-3-2-4-7-15/h2-8,11-13H,9-10,14H2,1H3,(H,23,24). The quantitative estimate of drug-likeness (QED) is 0.526. The van der Waals surface area contributed by atoms with E-state index < -0.39 is 0 Å². The highest BCUT2D eigenvalue weighted by Gasteiger charge is 2.16. The summed E-state index contributed by atoms with van der Waals surface area (Å²) in [6.07, 6.45) is 0.819. The van der Waals surface area contributed by atoms with Crippen LogP contribution < -0.4 is 14.8 Å². The third-order valence-electron chi connectivity index (χ3n) is 3.95. The van der Waals surface area contributed by atoms with Crippen LogP contribution in [0.1, 0.15) is 20.8 Å². The zero-order valence-electron chi connectivity index (χ0n) is 14.9. The maximum Gasteiger partial charge on any atom is 0.251 e. The fourth-order valence-corrected chi connectivity index (χ4v) is 3.84. The lowest BCUT2D eigenvalue weighted by molar-refractivity contribution is 0.0953. The predicted molar refractivity (Wildman–Crippen MR) is 112 cm³/mol. The second-order valence-corrected chi connectivity index (χ2v) is 7.74. The van der Waals surface area contributed by atoms with Crippen LogP contribution in [-0.4, -0.2) is 19.6 Å². The molecule has 0 fully saturated rings. The molecule has 0 aliphatic heterocycles. The summed E-state index contributed by atoms with van der Waals surface area (Å²) in [5.74, 6) is 0.959. The average molecular weight is 446 g/mol. The number of benzene rings is 2. The number of hydrogen-bond donors (Lipinski definition) is 1. The van der Waals surface area contributed by atoms with Crippen molar-refractivity contribution in [3.05, 3.63) is 80.5 Å². The van der Waals surface area contributed by atoms with E-state index in [0.29, 0.717) is 34.7 Å². The van der Waals surface area contributed by atoms with E-state index in [-0.39, 0.29) is 5.91 Å². The van der Waals surface area contributed by atoms with Gasteiger partial charge in [-0.3, -0.25) is 4.79 Å². The summed E-state index contributed by atoms with van der Waals surface area (Å²) in [5.41, 5.74) is 1.58. The van der Waals surface area contributed by atoms with Crippen molar-refractivity contribution in [2.75, 3.05) is 13.7 Å². The lowest BCUT2D eigenvalue weighted by atomic mass is 10.2. The number of nitrogens with one attached hydrogen (secondary N) is 1. The summed E-state index contributed by atoms with van der Waals surface area (Å²) in [6.45, 7) is 1.01. The van der Waals surface area contributed by atoms with Crippen molar-refractivity contribution in [1.82, 2.24) is 5.32 Å². The van der Waals surface area contributed by atoms with Gasteiger partial charge in [-0.15, -0.1) is 11.3 Å². The van der Waals surface area contributed by atoms with Crippen LogP contribution in [0.15, 0.2) is 64.5 Å². The summed E-state index contributed by atoms with van der Waals surface area (Å²) < 4.78 is 12.0. The van der Waals surface area contributed by atoms with Crippen molar-refractivity contribution in [3.63, 3.8) is 0 Å². The molecule has 2 aromatic carbocycles. The van der Waals surface area contributed by atoms with E-state index in [4.69, 9.17) is 9.47 Å². The van der Waals surface area contributed by atoms with Gasteiger partial charge in [0.2, 0.25) is 0 Å². The van der Waals surface area contributed by atoms with Gasteiger partial charge in [0.1, 0.15) is 6.61 Å². The van der Waals surface area contributed by atoms with Crippen molar-refractivity contribution < 1.29 is 14.3 Å². The van der Waals surface area contributed by atoms with E-state index in [0.717, 1.165) is 12.0 Å². The Bertz CT molecular complexity index is 882. The normalized spacial score (nSPS) is 10.4. The van der Waals surface area contributed by atoms with Gasteiger partial charge >= 0.3 is 0 Å². The number of halogens is 1. The first-order valence-corrected chi connectivity index (χ1v) is 10.2. The SMILES string of the molecule is COc1cc(C(=O)NCCc2cccs2)cc(Br)c1OCc1ccccc1. The Balaban J connectivity index is 1.66. The minimum atomic E-state index is -0.139. The molecule has 0 aliphatic carbocycles. The van der Waals surface area contributed by atoms with Crippen LogP contribution in [0.3, 0.4) is 0 Å². The van der Waals surface area contributed by atoms with Crippen molar-refractivity contribution in [2.24, 2.45) is 0 Å². The minimum absolute atomic E-state index is 0.139. The Morgan fingerprint density at radius 3 is 2.67 bits per heavy atom. The Hall–Kier alpha value is -2.31. The average Bonchev–Trinajstić information content (AvgIpc) is 3.20. The summed E-state index contributed by atoms with van der Waals surface area (Å²) in [6, 6.07) is 17.4. The molecule has 0 unspecified atom stereocenters. The van der Waals surface area contributed by atoms with E-state index in [2.05, 4.69) is 27.3 Å². The van der Waals surface area contributed by atoms with E-state index in [1.807, 2.05) is 41.8 Å². The van der Waals surface area contributed by atoms with E-state index in [9.17, 15) is 4.79 Å². The van der Waals surface area contributed by atoms with Gasteiger partial charge < -0.3 is 14.8 Å². The lowest BCUT2D eigenvalue weighted by Gasteiger charge is -2.14. The first-order valence-electron chi connectivity index (χ1n) is 8.52. The van der Waals surface area contributed by atoms with Crippen LogP contribution in [0.2, 0.25) is 0 Å². The van der Waals surface area contributed by atoms with Crippen LogP contribution in [-0.2, 0) is 13.0 Å². The van der Waals surface area contributed by atoms with Gasteiger partial charge in [0.25, 0.3) is 5.91 Å². The Kier molecular flexibility index (Phi) is 6.90. The molecule has 1 aromatic heterocycles. The number of amides is 1. The highest BCUT2D eigenvalue weighted by Crippen LogP contribution is 2.37. The van der Waals surface area contributed by atoms with Gasteiger partial charge in [-0.2, -0.15) is 0 Å². The molecule has 0 saturated heterocycles. The molecule has 1 heterocycles. The van der Waals surface area contributed by atoms with Crippen LogP contribution in [0.25, 0.3) is 0 Å². The van der Waals surface area contributed by atoms with Gasteiger partial charge in [-0.25, -0.2) is 0 Å². The number of methoxy groups -OCH3 is 1. The molecule has 3 rings (SSSR count). The second kappa shape index (κ2) is 9.58. The Labute approximate surface area is 171 Å². The predicted octanol–water partition coefficient (Wildman–Crippen LogP) is 5.07. The van der Waals surface area contributed by atoms with Crippen LogP contribution in [0.4, 0.5) is 0 Å². The van der Waals surface area contributed by atoms with Crippen LogP contribution >= 0.6 is 27.3 Å². The third kappa shape index (κ3) is 5.34. The summed E-state index contributed by atoms with van der Waals surface area (Å²) >= 11 is 5.19. The van der Waals surface area contributed by atoms with Crippen molar-refractivity contribution in [3.8, 4) is 11.5 Å². The zero-order valence-corrected chi connectivity index (χ0v) is 17.3. The number of carbonyl (C=O) groups is 1. The molecule has 0 radical (unpaired) electrons. The summed E-state index contributed by atoms with van der Waals surface area (Å²) in [4.78, 5) is 13.7. The van der Waals surface area contributed by atoms with Crippen LogP contribution in [0.5, 0.6) is 11.5 Å². The first-order chi connectivity index (χ1) is 13.2. The Morgan fingerprint density at radius 2 is 1.96 bits per heavy atom. The first kappa shape index (κ1) is 19.5. The van der Waals surface area contributed by atoms with Gasteiger partial charge in [0, 0.05) is 17.0 Å². The van der Waals surface area contributed by atoms with Crippen LogP contribution in [0, 0.1) is 0 Å². The highest BCUT2D eigenvalue weighted by molar-refractivity contribution is 9.10. The third-order valence-corrected chi connectivity index (χ3v) is 5.48. The molecular weight excluding hydrogens is 426 g/mol. The fraction of sp³-hybridized carbons (Fsp3) is 0.190. The van der Waals surface area contributed by atoms with Crippen molar-refractivity contribution in [2.45, 2.75) is 13.0 Å². The molecule has 0 bridgehead atoms. The maximum absolute atomic E-state index is 12.5. The van der Waals surface area contributed by atoms with Crippen molar-refractivity contribution >= 4 is 33.2 Å². The van der Waals surface area contributed by atoms with E-state index in [1.165, 1.54) is 4.88 Å². The summed E-state index contributed by atoms with van der Waals surface area (Å²) in [7, 11) is 1.57. The van der Waals surface area contributed by atoms with E-state index in [1.54, 1.807) is 30.6 Å². The number of rotatable bonds is 8. The molecule has 3 aromatic rings. The van der Waals surface area contributed by atoms with Gasteiger partial charge in [-0.1, -0.05) is 36.4 Å². The molecule has 0 atom stereocenters. The number of ether oxygens (including phenoxy) is 2. The Morgan fingerprint density at radius 1 is 1.15 bits per heavy atom. The molecule has 1 N–H and O–H groups in total. The number of hydrogen-bond acceptors (Lipinski definition) is 4. The smallest absolute Gasteiger partial charge is 0.251 e. The molecular formula is C21H20BrNO3S. The molecule has 1 amide bonds. The fourth-order valence-electron chi connectivity index (χ4n) is 2.58. The maximum atomic E-state index is 12.5. The largest absolute Gasteiger partial charge is 0.493 e. The molecule has 140 valence electrons. The minimum Gasteiger partial charge on any atom is -0.493 e. The monoisotopic (exact) mass is 445 g/mol. The van der Waals surface area contributed by atoms with Gasteiger partial charge in [-0.05, 0) is 51.5 Å². The molecule has 0 spiro atoms. The highest BCUT2D eigenvalue weighted by atomic mass is 79.9. The summed E-state index contributed by atoms with van der Waals surface area (Å²) in [5, 5.41) is 4.98. The molecule has 4 nitrogen and oxygen atoms in total. The van der Waals surface area contributed by atoms with E-state index >= 15 is 0 Å². The second-order valence-electron chi connectivity index (χ2n) is 5.85. The topological polar surface area (TPSA) is 47.6 Å². The number of thiophene rings is 1. The number of carbonyl (C=O) groups excluding carboxylic acids is 1. The van der Waals surface area contributed by atoms with Crippen molar-refractivity contribution in [1.29, 1.82) is 0 Å². The molecule has 27 heavy (non-hydrogen) atoms. The molecule has 6 heteroatoms. The van der Waals surface area contributed by atoms with Gasteiger partial charge in [0.05, 0.1) is 11.6 Å². The zero-order chi connectivity index (χ0) is 19.1. The molecule has 0 saturated carbocycles.